The average molecular weight is 304 g/mol. The molecule has 0 bridgehead atoms. The molecule has 0 unspecified atom stereocenters. The summed E-state index contributed by atoms with van der Waals surface area (Å²) in [4.78, 5) is 2.47. The molecule has 2 heterocycles. The van der Waals surface area contributed by atoms with E-state index in [1.165, 1.54) is 44.3 Å². The lowest BCUT2D eigenvalue weighted by molar-refractivity contribution is -0.0161. The molecule has 0 amide bonds. The van der Waals surface area contributed by atoms with Crippen LogP contribution in [0.4, 0.5) is 0 Å². The molecule has 0 aromatic carbocycles. The summed E-state index contributed by atoms with van der Waals surface area (Å²) in [6.07, 6.45) is 8.40. The molecule has 1 aromatic heterocycles. The number of hydrogen-bond acceptors (Lipinski definition) is 4. The summed E-state index contributed by atoms with van der Waals surface area (Å²) in [5, 5.41) is 8.82. The minimum atomic E-state index is 0.490. The highest BCUT2D eigenvalue weighted by Crippen LogP contribution is 2.39. The summed E-state index contributed by atoms with van der Waals surface area (Å²) < 4.78 is 8.51. The third-order valence-electron chi connectivity index (χ3n) is 5.58. The normalized spacial score (nSPS) is 29.5. The zero-order valence-electron chi connectivity index (χ0n) is 13.7. The molecule has 22 heavy (non-hydrogen) atoms. The van der Waals surface area contributed by atoms with Crippen molar-refractivity contribution in [1.29, 1.82) is 0 Å². The molecule has 2 atom stereocenters. The van der Waals surface area contributed by atoms with Crippen molar-refractivity contribution >= 4 is 0 Å². The van der Waals surface area contributed by atoms with Crippen LogP contribution >= 0.6 is 0 Å². The highest BCUT2D eigenvalue weighted by molar-refractivity contribution is 5.09. The molecule has 1 aliphatic heterocycles. The van der Waals surface area contributed by atoms with E-state index < -0.39 is 0 Å². The second-order valence-corrected chi connectivity index (χ2v) is 7.35. The molecule has 5 heteroatoms. The van der Waals surface area contributed by atoms with Crippen LogP contribution in [0.3, 0.4) is 0 Å². The van der Waals surface area contributed by atoms with Crippen molar-refractivity contribution in [3.63, 3.8) is 0 Å². The number of ether oxygens (including phenoxy) is 1. The van der Waals surface area contributed by atoms with E-state index >= 15 is 0 Å². The predicted molar refractivity (Wildman–Crippen MR) is 84.6 cm³/mol. The smallest absolute Gasteiger partial charge is 0.147 e. The van der Waals surface area contributed by atoms with Gasteiger partial charge in [-0.05, 0) is 31.6 Å². The quantitative estimate of drug-likeness (QED) is 0.838. The first kappa shape index (κ1) is 14.6. The van der Waals surface area contributed by atoms with E-state index in [4.69, 9.17) is 4.74 Å². The maximum absolute atomic E-state index is 6.15. The zero-order valence-corrected chi connectivity index (χ0v) is 13.7. The molecular weight excluding hydrogens is 276 g/mol. The number of nitrogens with zero attached hydrogens (tertiary/aromatic N) is 4. The molecule has 4 rings (SSSR count). The number of fused-ring (bicyclic) bond motifs is 1. The van der Waals surface area contributed by atoms with Crippen LogP contribution in [0, 0.1) is 5.92 Å². The van der Waals surface area contributed by atoms with Crippen LogP contribution in [0.5, 0.6) is 0 Å². The SMILES string of the molecule is C[C@@H]1CCCC[C@H]1OCCN1CCn2c(nnc2C2CC2)C1. The van der Waals surface area contributed by atoms with Crippen LogP contribution in [0.25, 0.3) is 0 Å². The Morgan fingerprint density at radius 3 is 2.77 bits per heavy atom. The fourth-order valence-corrected chi connectivity index (χ4v) is 3.93. The molecule has 5 nitrogen and oxygen atoms in total. The molecule has 2 aliphatic carbocycles. The second-order valence-electron chi connectivity index (χ2n) is 7.35. The van der Waals surface area contributed by atoms with E-state index in [9.17, 15) is 0 Å². The van der Waals surface area contributed by atoms with Gasteiger partial charge >= 0.3 is 0 Å². The minimum Gasteiger partial charge on any atom is -0.377 e. The lowest BCUT2D eigenvalue weighted by Crippen LogP contribution is -2.37. The molecule has 0 N–H and O–H groups in total. The van der Waals surface area contributed by atoms with Gasteiger partial charge in [-0.25, -0.2) is 0 Å². The summed E-state index contributed by atoms with van der Waals surface area (Å²) in [6, 6.07) is 0. The Morgan fingerprint density at radius 1 is 1.09 bits per heavy atom. The van der Waals surface area contributed by atoms with Crippen molar-refractivity contribution in [3.05, 3.63) is 11.6 Å². The second kappa shape index (κ2) is 6.28. The van der Waals surface area contributed by atoms with E-state index in [-0.39, 0.29) is 0 Å². The van der Waals surface area contributed by atoms with E-state index in [2.05, 4.69) is 26.6 Å². The summed E-state index contributed by atoms with van der Waals surface area (Å²) in [5.74, 6) is 3.82. The Bertz CT molecular complexity index is 511. The fourth-order valence-electron chi connectivity index (χ4n) is 3.93. The number of rotatable bonds is 5. The van der Waals surface area contributed by atoms with Crippen molar-refractivity contribution in [1.82, 2.24) is 19.7 Å². The van der Waals surface area contributed by atoms with Gasteiger partial charge in [-0.15, -0.1) is 10.2 Å². The van der Waals surface area contributed by atoms with Crippen LogP contribution in [0.1, 0.15) is 63.0 Å². The van der Waals surface area contributed by atoms with Gasteiger partial charge in [0.1, 0.15) is 11.6 Å². The third-order valence-corrected chi connectivity index (χ3v) is 5.58. The summed E-state index contributed by atoms with van der Waals surface area (Å²) >= 11 is 0. The summed E-state index contributed by atoms with van der Waals surface area (Å²) in [6.45, 7) is 7.31. The standard InChI is InChI=1S/C17H28N4O/c1-13-4-2-3-5-15(13)22-11-10-20-8-9-21-16(12-20)18-19-17(21)14-6-7-14/h13-15H,2-12H2,1H3/t13-,15-/m1/s1. The Hall–Kier alpha value is -0.940. The third kappa shape index (κ3) is 3.06. The van der Waals surface area contributed by atoms with Gasteiger partial charge in [-0.3, -0.25) is 4.90 Å². The van der Waals surface area contributed by atoms with E-state index in [1.54, 1.807) is 0 Å². The lowest BCUT2D eigenvalue weighted by Gasteiger charge is -2.31. The lowest BCUT2D eigenvalue weighted by atomic mass is 9.88. The van der Waals surface area contributed by atoms with Gasteiger partial charge in [-0.2, -0.15) is 0 Å². The molecule has 0 spiro atoms. The molecule has 122 valence electrons. The largest absolute Gasteiger partial charge is 0.377 e. The van der Waals surface area contributed by atoms with Gasteiger partial charge in [0.25, 0.3) is 0 Å². The Balaban J connectivity index is 1.26. The Kier molecular flexibility index (Phi) is 4.18. The van der Waals surface area contributed by atoms with E-state index in [0.29, 0.717) is 12.0 Å². The Labute approximate surface area is 133 Å². The van der Waals surface area contributed by atoms with Gasteiger partial charge in [0.15, 0.2) is 0 Å². The van der Waals surface area contributed by atoms with Crippen molar-refractivity contribution in [2.75, 3.05) is 19.7 Å². The van der Waals surface area contributed by atoms with Crippen LogP contribution in [0.2, 0.25) is 0 Å². The van der Waals surface area contributed by atoms with Gasteiger partial charge in [-0.1, -0.05) is 19.8 Å². The fraction of sp³-hybridized carbons (Fsp3) is 0.882. The molecule has 0 radical (unpaired) electrons. The maximum atomic E-state index is 6.15. The predicted octanol–water partition coefficient (Wildman–Crippen LogP) is 2.57. The number of hydrogen-bond donors (Lipinski definition) is 0. The monoisotopic (exact) mass is 304 g/mol. The van der Waals surface area contributed by atoms with E-state index in [0.717, 1.165) is 44.5 Å². The highest BCUT2D eigenvalue weighted by Gasteiger charge is 2.32. The molecular formula is C17H28N4O. The average Bonchev–Trinajstić information content (AvgIpc) is 3.29. The first-order chi connectivity index (χ1) is 10.8. The van der Waals surface area contributed by atoms with Gasteiger partial charge in [0.05, 0.1) is 19.3 Å². The van der Waals surface area contributed by atoms with Crippen molar-refractivity contribution < 1.29 is 4.74 Å². The van der Waals surface area contributed by atoms with Gasteiger partial charge in [0, 0.05) is 25.6 Å². The maximum Gasteiger partial charge on any atom is 0.147 e. The van der Waals surface area contributed by atoms with E-state index in [1.807, 2.05) is 0 Å². The number of aromatic nitrogens is 3. The first-order valence-electron chi connectivity index (χ1n) is 9.07. The molecule has 2 fully saturated rings. The van der Waals surface area contributed by atoms with Gasteiger partial charge < -0.3 is 9.30 Å². The van der Waals surface area contributed by atoms with Crippen LogP contribution in [-0.2, 0) is 17.8 Å². The molecule has 2 saturated carbocycles. The Morgan fingerprint density at radius 2 is 1.95 bits per heavy atom. The topological polar surface area (TPSA) is 43.2 Å². The molecule has 1 aromatic rings. The van der Waals surface area contributed by atoms with Gasteiger partial charge in [0.2, 0.25) is 0 Å². The summed E-state index contributed by atoms with van der Waals surface area (Å²) in [5.41, 5.74) is 0. The zero-order chi connectivity index (χ0) is 14.9. The highest BCUT2D eigenvalue weighted by atomic mass is 16.5. The molecule has 0 saturated heterocycles. The summed E-state index contributed by atoms with van der Waals surface area (Å²) in [7, 11) is 0. The van der Waals surface area contributed by atoms with Crippen LogP contribution < -0.4 is 0 Å². The first-order valence-corrected chi connectivity index (χ1v) is 9.07. The van der Waals surface area contributed by atoms with Crippen molar-refractivity contribution in [2.24, 2.45) is 5.92 Å². The van der Waals surface area contributed by atoms with Crippen molar-refractivity contribution in [2.45, 2.75) is 70.6 Å². The van der Waals surface area contributed by atoms with Crippen LogP contribution in [0.15, 0.2) is 0 Å². The van der Waals surface area contributed by atoms with Crippen LogP contribution in [-0.4, -0.2) is 45.5 Å². The minimum absolute atomic E-state index is 0.490. The van der Waals surface area contributed by atoms with Crippen molar-refractivity contribution in [3.8, 4) is 0 Å². The molecule has 3 aliphatic rings.